The maximum atomic E-state index is 4.86. The highest BCUT2D eigenvalue weighted by atomic mass is 15.1. The Kier molecular flexibility index (Phi) is 5.58. The first kappa shape index (κ1) is 24.4. The highest BCUT2D eigenvalue weighted by Gasteiger charge is 2.12. The van der Waals surface area contributed by atoms with Crippen LogP contribution in [-0.2, 0) is 14.1 Å². The van der Waals surface area contributed by atoms with Gasteiger partial charge in [-0.15, -0.1) is 0 Å². The molecular weight excluding hydrogens is 510 g/mol. The molecule has 3 nitrogen and oxygen atoms in total. The van der Waals surface area contributed by atoms with Crippen LogP contribution in [-0.4, -0.2) is 14.1 Å². The Hall–Kier alpha value is -5.41. The van der Waals surface area contributed by atoms with Crippen molar-refractivity contribution in [1.82, 2.24) is 14.1 Å². The van der Waals surface area contributed by atoms with Crippen molar-refractivity contribution in [1.29, 1.82) is 0 Å². The van der Waals surface area contributed by atoms with Gasteiger partial charge in [-0.2, -0.15) is 0 Å². The summed E-state index contributed by atoms with van der Waals surface area (Å²) in [6, 6.07) is 50.2. The summed E-state index contributed by atoms with van der Waals surface area (Å²) in [5.74, 6) is 0.984. The Morgan fingerprint density at radius 2 is 1.10 bits per heavy atom. The number of para-hydroxylation sites is 3. The van der Waals surface area contributed by atoms with E-state index in [-0.39, 0.29) is 0 Å². The number of rotatable bonds is 4. The van der Waals surface area contributed by atoms with Gasteiger partial charge < -0.3 is 9.13 Å². The van der Waals surface area contributed by atoms with Crippen LogP contribution in [0.1, 0.15) is 0 Å². The molecule has 0 bridgehead atoms. The van der Waals surface area contributed by atoms with Gasteiger partial charge in [-0.3, -0.25) is 0 Å². The minimum absolute atomic E-state index is 0.984. The highest BCUT2D eigenvalue weighted by Crippen LogP contribution is 2.35. The van der Waals surface area contributed by atoms with E-state index in [0.717, 1.165) is 22.4 Å². The van der Waals surface area contributed by atoms with Crippen LogP contribution in [0.4, 0.5) is 0 Å². The number of fused-ring (bicyclic) bond motifs is 3. The molecule has 0 aliphatic rings. The number of aryl methyl sites for hydroxylation is 2. The molecule has 3 heteroatoms. The van der Waals surface area contributed by atoms with Crippen molar-refractivity contribution in [2.75, 3.05) is 0 Å². The Labute approximate surface area is 244 Å². The lowest BCUT2D eigenvalue weighted by Gasteiger charge is -2.11. The smallest absolute Gasteiger partial charge is 0.140 e. The zero-order valence-corrected chi connectivity index (χ0v) is 23.6. The summed E-state index contributed by atoms with van der Waals surface area (Å²) in [4.78, 5) is 4.86. The second-order valence-electron chi connectivity index (χ2n) is 11.0. The summed E-state index contributed by atoms with van der Waals surface area (Å²) in [6.07, 6.45) is 0. The van der Waals surface area contributed by atoms with Gasteiger partial charge in [0.1, 0.15) is 5.82 Å². The van der Waals surface area contributed by atoms with Gasteiger partial charge in [-0.1, -0.05) is 109 Å². The third-order valence-corrected chi connectivity index (χ3v) is 8.59. The first-order valence-corrected chi connectivity index (χ1v) is 14.3. The number of benzene rings is 6. The second-order valence-corrected chi connectivity index (χ2v) is 11.0. The van der Waals surface area contributed by atoms with E-state index < -0.39 is 0 Å². The average Bonchev–Trinajstić information content (AvgIpc) is 3.57. The van der Waals surface area contributed by atoms with Gasteiger partial charge in [0.15, 0.2) is 0 Å². The van der Waals surface area contributed by atoms with Crippen LogP contribution < -0.4 is 0 Å². The molecule has 0 spiro atoms. The van der Waals surface area contributed by atoms with Crippen LogP contribution >= 0.6 is 0 Å². The molecule has 0 saturated carbocycles. The van der Waals surface area contributed by atoms with E-state index >= 15 is 0 Å². The van der Waals surface area contributed by atoms with Crippen LogP contribution in [0.2, 0.25) is 0 Å². The number of hydrogen-bond acceptors (Lipinski definition) is 1. The van der Waals surface area contributed by atoms with Gasteiger partial charge in [0.25, 0.3) is 0 Å². The molecule has 42 heavy (non-hydrogen) atoms. The number of aromatic nitrogens is 3. The maximum absolute atomic E-state index is 4.86. The third kappa shape index (κ3) is 3.93. The molecule has 6 aromatic carbocycles. The third-order valence-electron chi connectivity index (χ3n) is 8.59. The van der Waals surface area contributed by atoms with Crippen molar-refractivity contribution in [3.05, 3.63) is 140 Å². The van der Waals surface area contributed by atoms with Crippen molar-refractivity contribution in [2.45, 2.75) is 0 Å². The predicted octanol–water partition coefficient (Wildman–Crippen LogP) is 9.89. The normalized spacial score (nSPS) is 11.6. The number of hydrogen-bond donors (Lipinski definition) is 0. The second kappa shape index (κ2) is 9.60. The summed E-state index contributed by atoms with van der Waals surface area (Å²) < 4.78 is 4.44. The molecule has 0 aliphatic heterocycles. The lowest BCUT2D eigenvalue weighted by Crippen LogP contribution is -1.92. The molecule has 0 N–H and O–H groups in total. The molecule has 8 rings (SSSR count). The van der Waals surface area contributed by atoms with Crippen molar-refractivity contribution >= 4 is 32.7 Å². The molecule has 2 heterocycles. The van der Waals surface area contributed by atoms with E-state index in [0.29, 0.717) is 0 Å². The molecule has 0 radical (unpaired) electrons. The molecule has 0 atom stereocenters. The van der Waals surface area contributed by atoms with E-state index in [1.165, 1.54) is 55.2 Å². The lowest BCUT2D eigenvalue weighted by atomic mass is 9.94. The van der Waals surface area contributed by atoms with E-state index in [4.69, 9.17) is 4.98 Å². The zero-order chi connectivity index (χ0) is 28.2. The van der Waals surface area contributed by atoms with Gasteiger partial charge in [0.05, 0.1) is 11.0 Å². The molecule has 2 aromatic heterocycles. The summed E-state index contributed by atoms with van der Waals surface area (Å²) >= 11 is 0. The van der Waals surface area contributed by atoms with Crippen LogP contribution in [0.3, 0.4) is 0 Å². The standard InChI is InChI=1S/C39H29N3/c1-41-36-12-5-3-8-32(36)25-38(41)28-18-16-27(17-19-28)33-10-7-9-31-24-30(22-23-34(31)33)26-14-20-29(21-15-26)39-40-35-11-4-6-13-37(35)42(39)2/h3-25H,1-2H3. The Morgan fingerprint density at radius 3 is 1.88 bits per heavy atom. The number of nitrogens with zero attached hydrogens (tertiary/aromatic N) is 3. The molecule has 0 saturated heterocycles. The molecule has 200 valence electrons. The van der Waals surface area contributed by atoms with Crippen LogP contribution in [0, 0.1) is 0 Å². The van der Waals surface area contributed by atoms with E-state index in [1.807, 2.05) is 6.07 Å². The fraction of sp³-hybridized carbons (Fsp3) is 0.0513. The largest absolute Gasteiger partial charge is 0.344 e. The summed E-state index contributed by atoms with van der Waals surface area (Å²) in [5, 5.41) is 3.76. The van der Waals surface area contributed by atoms with Crippen molar-refractivity contribution < 1.29 is 0 Å². The quantitative estimate of drug-likeness (QED) is 0.218. The Balaban J connectivity index is 1.11. The van der Waals surface area contributed by atoms with Crippen LogP contribution in [0.5, 0.6) is 0 Å². The Bertz CT molecular complexity index is 2250. The van der Waals surface area contributed by atoms with Gasteiger partial charge in [-0.25, -0.2) is 4.98 Å². The van der Waals surface area contributed by atoms with E-state index in [9.17, 15) is 0 Å². The zero-order valence-electron chi connectivity index (χ0n) is 23.6. The van der Waals surface area contributed by atoms with Crippen molar-refractivity contribution in [3.63, 3.8) is 0 Å². The summed E-state index contributed by atoms with van der Waals surface area (Å²) in [6.45, 7) is 0. The van der Waals surface area contributed by atoms with Crippen LogP contribution in [0.15, 0.2) is 140 Å². The van der Waals surface area contributed by atoms with Gasteiger partial charge >= 0.3 is 0 Å². The first-order valence-electron chi connectivity index (χ1n) is 14.3. The minimum atomic E-state index is 0.984. The van der Waals surface area contributed by atoms with Crippen molar-refractivity contribution in [3.8, 4) is 44.9 Å². The van der Waals surface area contributed by atoms with Crippen LogP contribution in [0.25, 0.3) is 77.6 Å². The number of imidazole rings is 1. The van der Waals surface area contributed by atoms with Gasteiger partial charge in [0, 0.05) is 36.3 Å². The first-order chi connectivity index (χ1) is 20.6. The van der Waals surface area contributed by atoms with E-state index in [1.54, 1.807) is 0 Å². The highest BCUT2D eigenvalue weighted by molar-refractivity contribution is 5.99. The topological polar surface area (TPSA) is 22.8 Å². The summed E-state index contributed by atoms with van der Waals surface area (Å²) in [5.41, 5.74) is 11.9. The maximum Gasteiger partial charge on any atom is 0.140 e. The molecule has 0 unspecified atom stereocenters. The molecular formula is C39H29N3. The summed E-state index contributed by atoms with van der Waals surface area (Å²) in [7, 11) is 4.22. The monoisotopic (exact) mass is 539 g/mol. The van der Waals surface area contributed by atoms with Crippen molar-refractivity contribution in [2.24, 2.45) is 14.1 Å². The lowest BCUT2D eigenvalue weighted by molar-refractivity contribution is 0.959. The molecule has 0 aliphatic carbocycles. The van der Waals surface area contributed by atoms with Gasteiger partial charge in [0.2, 0.25) is 0 Å². The molecule has 0 amide bonds. The average molecular weight is 540 g/mol. The SMILES string of the molecule is Cn1c(-c2ccc(-c3cccc4cc(-c5ccc(-c6nc7ccccc7n6C)cc5)ccc34)cc2)cc2ccccc21. The fourth-order valence-electron chi connectivity index (χ4n) is 6.32. The Morgan fingerprint density at radius 1 is 0.452 bits per heavy atom. The predicted molar refractivity (Wildman–Crippen MR) is 176 cm³/mol. The molecule has 0 fully saturated rings. The molecule has 8 aromatic rings. The fourth-order valence-corrected chi connectivity index (χ4v) is 6.32. The van der Waals surface area contributed by atoms with Gasteiger partial charge in [-0.05, 0) is 68.9 Å². The minimum Gasteiger partial charge on any atom is -0.344 e. The van der Waals surface area contributed by atoms with E-state index in [2.05, 4.69) is 157 Å².